The van der Waals surface area contributed by atoms with Crippen molar-refractivity contribution in [1.29, 1.82) is 0 Å². The third kappa shape index (κ3) is 3.57. The number of rotatable bonds is 6. The molecule has 2 rings (SSSR count). The van der Waals surface area contributed by atoms with Gasteiger partial charge in [0.15, 0.2) is 0 Å². The van der Waals surface area contributed by atoms with Crippen LogP contribution < -0.4 is 10.5 Å². The van der Waals surface area contributed by atoms with Gasteiger partial charge < -0.3 is 10.7 Å². The number of nitrogens with one attached hydrogen (secondary N) is 2. The molecule has 1 heterocycles. The van der Waals surface area contributed by atoms with Crippen LogP contribution in [-0.2, 0) is 23.0 Å². The predicted octanol–water partition coefficient (Wildman–Crippen LogP) is 1.04. The van der Waals surface area contributed by atoms with E-state index in [-0.39, 0.29) is 18.0 Å². The molecule has 1 aromatic carbocycles. The third-order valence-corrected chi connectivity index (χ3v) is 4.58. The molecule has 0 aliphatic carbocycles. The number of benzene rings is 1. The molecule has 0 saturated heterocycles. The molecule has 0 unspecified atom stereocenters. The Morgan fingerprint density at radius 3 is 2.85 bits per heavy atom. The van der Waals surface area contributed by atoms with Gasteiger partial charge in [-0.2, -0.15) is 0 Å². The van der Waals surface area contributed by atoms with E-state index in [4.69, 9.17) is 17.3 Å². The summed E-state index contributed by atoms with van der Waals surface area (Å²) in [6.07, 6.45) is 3.80. The lowest BCUT2D eigenvalue weighted by Crippen LogP contribution is -2.26. The molecule has 0 atom stereocenters. The monoisotopic (exact) mass is 314 g/mol. The maximum absolute atomic E-state index is 12.1. The molecule has 8 heteroatoms. The van der Waals surface area contributed by atoms with E-state index in [0.29, 0.717) is 17.0 Å². The Balaban J connectivity index is 2.06. The van der Waals surface area contributed by atoms with E-state index in [9.17, 15) is 8.42 Å². The van der Waals surface area contributed by atoms with Gasteiger partial charge in [-0.1, -0.05) is 11.6 Å². The van der Waals surface area contributed by atoms with Crippen molar-refractivity contribution in [2.45, 2.75) is 17.9 Å². The number of nitrogens with two attached hydrogens (primary N) is 1. The van der Waals surface area contributed by atoms with Gasteiger partial charge in [0.1, 0.15) is 5.82 Å². The van der Waals surface area contributed by atoms with Crippen LogP contribution in [0.3, 0.4) is 0 Å². The molecule has 0 radical (unpaired) electrons. The van der Waals surface area contributed by atoms with Crippen LogP contribution in [0.4, 0.5) is 0 Å². The van der Waals surface area contributed by atoms with Gasteiger partial charge in [0.05, 0.1) is 4.90 Å². The summed E-state index contributed by atoms with van der Waals surface area (Å²) in [7, 11) is -3.57. The molecular weight excluding hydrogens is 300 g/mol. The lowest BCUT2D eigenvalue weighted by Gasteiger charge is -2.08. The first kappa shape index (κ1) is 15.0. The topological polar surface area (TPSA) is 101 Å². The van der Waals surface area contributed by atoms with Crippen LogP contribution in [0.5, 0.6) is 0 Å². The number of H-pyrrole nitrogens is 1. The van der Waals surface area contributed by atoms with Gasteiger partial charge in [-0.25, -0.2) is 18.1 Å². The van der Waals surface area contributed by atoms with Gasteiger partial charge in [-0.3, -0.25) is 0 Å². The second-order valence-electron chi connectivity index (χ2n) is 4.14. The Bertz CT molecular complexity index is 671. The number of hydrogen-bond donors (Lipinski definition) is 3. The zero-order chi connectivity index (χ0) is 14.6. The number of hydrogen-bond acceptors (Lipinski definition) is 4. The Labute approximate surface area is 122 Å². The van der Waals surface area contributed by atoms with Crippen molar-refractivity contribution in [3.05, 3.63) is 47.0 Å². The van der Waals surface area contributed by atoms with Crippen LogP contribution in [0.1, 0.15) is 11.4 Å². The van der Waals surface area contributed by atoms with Crippen molar-refractivity contribution < 1.29 is 8.42 Å². The average Bonchev–Trinajstić information content (AvgIpc) is 2.92. The van der Waals surface area contributed by atoms with E-state index in [1.165, 1.54) is 18.2 Å². The molecule has 1 aromatic heterocycles. The minimum Gasteiger partial charge on any atom is -0.349 e. The SMILES string of the molecule is NCc1cc(S(=O)(=O)NCCc2ncc[nH]2)ccc1Cl. The smallest absolute Gasteiger partial charge is 0.240 e. The van der Waals surface area contributed by atoms with Crippen LogP contribution in [0.25, 0.3) is 0 Å². The Hall–Kier alpha value is -1.41. The van der Waals surface area contributed by atoms with E-state index in [1.54, 1.807) is 12.4 Å². The van der Waals surface area contributed by atoms with Crippen molar-refractivity contribution in [1.82, 2.24) is 14.7 Å². The second kappa shape index (κ2) is 6.36. The Kier molecular flexibility index (Phi) is 4.77. The van der Waals surface area contributed by atoms with Gasteiger partial charge in [0, 0.05) is 36.9 Å². The highest BCUT2D eigenvalue weighted by Crippen LogP contribution is 2.19. The molecule has 6 nitrogen and oxygen atoms in total. The zero-order valence-corrected chi connectivity index (χ0v) is 12.2. The van der Waals surface area contributed by atoms with Crippen molar-refractivity contribution in [3.63, 3.8) is 0 Å². The van der Waals surface area contributed by atoms with Crippen LogP contribution in [0.2, 0.25) is 5.02 Å². The highest BCUT2D eigenvalue weighted by Gasteiger charge is 2.15. The predicted molar refractivity (Wildman–Crippen MR) is 76.8 cm³/mol. The van der Waals surface area contributed by atoms with Crippen LogP contribution >= 0.6 is 11.6 Å². The normalized spacial score (nSPS) is 11.7. The van der Waals surface area contributed by atoms with E-state index in [1.807, 2.05) is 0 Å². The summed E-state index contributed by atoms with van der Waals surface area (Å²) < 4.78 is 26.7. The molecule has 4 N–H and O–H groups in total. The first-order valence-electron chi connectivity index (χ1n) is 5.99. The minimum absolute atomic E-state index is 0.154. The third-order valence-electron chi connectivity index (χ3n) is 2.76. The van der Waals surface area contributed by atoms with E-state index in [2.05, 4.69) is 14.7 Å². The highest BCUT2D eigenvalue weighted by molar-refractivity contribution is 7.89. The van der Waals surface area contributed by atoms with Crippen LogP contribution in [0, 0.1) is 0 Å². The van der Waals surface area contributed by atoms with Gasteiger partial charge in [-0.05, 0) is 23.8 Å². The number of nitrogens with zero attached hydrogens (tertiary/aromatic N) is 1. The molecule has 0 bridgehead atoms. The maximum Gasteiger partial charge on any atom is 0.240 e. The van der Waals surface area contributed by atoms with Crippen molar-refractivity contribution in [2.24, 2.45) is 5.73 Å². The zero-order valence-electron chi connectivity index (χ0n) is 10.6. The standard InChI is InChI=1S/C12H15ClN4O2S/c13-11-2-1-10(7-9(11)8-14)20(18,19)17-4-3-12-15-5-6-16-12/h1-2,5-7,17H,3-4,8,14H2,(H,15,16). The van der Waals surface area contributed by atoms with Gasteiger partial charge in [0.25, 0.3) is 0 Å². The molecule has 0 saturated carbocycles. The van der Waals surface area contributed by atoms with Crippen LogP contribution in [-0.4, -0.2) is 24.9 Å². The first-order valence-corrected chi connectivity index (χ1v) is 7.85. The number of aromatic amines is 1. The average molecular weight is 315 g/mol. The first-order chi connectivity index (χ1) is 9.53. The fourth-order valence-corrected chi connectivity index (χ4v) is 2.97. The quantitative estimate of drug-likeness (QED) is 0.741. The number of aromatic nitrogens is 2. The molecule has 20 heavy (non-hydrogen) atoms. The molecule has 0 aliphatic rings. The van der Waals surface area contributed by atoms with E-state index < -0.39 is 10.0 Å². The van der Waals surface area contributed by atoms with Crippen molar-refractivity contribution in [3.8, 4) is 0 Å². The summed E-state index contributed by atoms with van der Waals surface area (Å²) in [6, 6.07) is 4.47. The molecule has 0 aliphatic heterocycles. The van der Waals surface area contributed by atoms with Gasteiger partial charge >= 0.3 is 0 Å². The number of halogens is 1. The molecule has 0 fully saturated rings. The molecule has 108 valence electrons. The molecule has 0 spiro atoms. The summed E-state index contributed by atoms with van der Waals surface area (Å²) in [5.41, 5.74) is 6.11. The number of sulfonamides is 1. The molecule has 0 amide bonds. The molecular formula is C12H15ClN4O2S. The fourth-order valence-electron chi connectivity index (χ4n) is 1.70. The lowest BCUT2D eigenvalue weighted by molar-refractivity contribution is 0.581. The largest absolute Gasteiger partial charge is 0.349 e. The van der Waals surface area contributed by atoms with Gasteiger partial charge in [0.2, 0.25) is 10.0 Å². The van der Waals surface area contributed by atoms with E-state index >= 15 is 0 Å². The Morgan fingerprint density at radius 2 is 2.20 bits per heavy atom. The summed E-state index contributed by atoms with van der Waals surface area (Å²) >= 11 is 5.91. The highest BCUT2D eigenvalue weighted by atomic mass is 35.5. The summed E-state index contributed by atoms with van der Waals surface area (Å²) in [5.74, 6) is 0.728. The summed E-state index contributed by atoms with van der Waals surface area (Å²) in [6.45, 7) is 0.449. The van der Waals surface area contributed by atoms with E-state index in [0.717, 1.165) is 5.82 Å². The maximum atomic E-state index is 12.1. The van der Waals surface area contributed by atoms with Gasteiger partial charge in [-0.15, -0.1) is 0 Å². The molecule has 2 aromatic rings. The van der Waals surface area contributed by atoms with Crippen molar-refractivity contribution in [2.75, 3.05) is 6.54 Å². The lowest BCUT2D eigenvalue weighted by atomic mass is 10.2. The fraction of sp³-hybridized carbons (Fsp3) is 0.250. The summed E-state index contributed by atoms with van der Waals surface area (Å²) in [4.78, 5) is 7.09. The summed E-state index contributed by atoms with van der Waals surface area (Å²) in [5, 5.41) is 0.460. The second-order valence-corrected chi connectivity index (χ2v) is 6.32. The Morgan fingerprint density at radius 1 is 1.40 bits per heavy atom. The minimum atomic E-state index is -3.57. The van der Waals surface area contributed by atoms with Crippen molar-refractivity contribution >= 4 is 21.6 Å². The number of imidazole rings is 1. The van der Waals surface area contributed by atoms with Crippen LogP contribution in [0.15, 0.2) is 35.5 Å².